The van der Waals surface area contributed by atoms with Gasteiger partial charge in [-0.3, -0.25) is 9.59 Å². The summed E-state index contributed by atoms with van der Waals surface area (Å²) in [5.41, 5.74) is 5.15. The molecule has 2 amide bonds. The Morgan fingerprint density at radius 3 is 2.58 bits per heavy atom. The highest BCUT2D eigenvalue weighted by atomic mass is 16.5. The van der Waals surface area contributed by atoms with Crippen LogP contribution in [0.3, 0.4) is 0 Å². The molecule has 0 aliphatic carbocycles. The smallest absolute Gasteiger partial charge is 0.291 e. The van der Waals surface area contributed by atoms with E-state index in [1.54, 1.807) is 12.1 Å². The van der Waals surface area contributed by atoms with Crippen molar-refractivity contribution in [2.75, 3.05) is 11.9 Å². The molecular weight excluding hydrogens is 476 g/mol. The fourth-order valence-corrected chi connectivity index (χ4v) is 4.89. The van der Waals surface area contributed by atoms with Gasteiger partial charge < -0.3 is 19.4 Å². The number of hydrogen-bond acceptors (Lipinski definition) is 4. The Hall–Kier alpha value is -4.32. The first-order chi connectivity index (χ1) is 18.4. The molecule has 0 spiro atoms. The summed E-state index contributed by atoms with van der Waals surface area (Å²) in [4.78, 5) is 27.7. The molecule has 0 unspecified atom stereocenters. The predicted octanol–water partition coefficient (Wildman–Crippen LogP) is 6.55. The summed E-state index contributed by atoms with van der Waals surface area (Å²) in [5.74, 6) is 1.21. The van der Waals surface area contributed by atoms with Crippen LogP contribution in [0.15, 0.2) is 89.3 Å². The Labute approximate surface area is 223 Å². The number of amides is 2. The lowest BCUT2D eigenvalue weighted by atomic mass is 9.87. The van der Waals surface area contributed by atoms with E-state index >= 15 is 0 Å². The summed E-state index contributed by atoms with van der Waals surface area (Å²) < 4.78 is 11.8. The van der Waals surface area contributed by atoms with E-state index in [1.807, 2.05) is 80.3 Å². The lowest BCUT2D eigenvalue weighted by Crippen LogP contribution is -2.42. The molecule has 1 atom stereocenters. The minimum Gasteiger partial charge on any atom is -0.486 e. The van der Waals surface area contributed by atoms with Gasteiger partial charge in [-0.1, -0.05) is 62.4 Å². The van der Waals surface area contributed by atoms with Crippen molar-refractivity contribution < 1.29 is 18.7 Å². The second-order valence-corrected chi connectivity index (χ2v) is 9.99. The van der Waals surface area contributed by atoms with Crippen LogP contribution in [-0.2, 0) is 17.8 Å². The van der Waals surface area contributed by atoms with Crippen LogP contribution in [0.25, 0.3) is 0 Å². The van der Waals surface area contributed by atoms with Crippen molar-refractivity contribution in [3.05, 3.63) is 119 Å². The number of hydrogen-bond donors (Lipinski definition) is 1. The molecule has 0 fully saturated rings. The van der Waals surface area contributed by atoms with Crippen LogP contribution in [0.2, 0.25) is 0 Å². The minimum absolute atomic E-state index is 0.0848. The highest BCUT2D eigenvalue weighted by Crippen LogP contribution is 2.38. The quantitative estimate of drug-likeness (QED) is 0.307. The largest absolute Gasteiger partial charge is 0.486 e. The molecule has 0 saturated carbocycles. The fraction of sp³-hybridized carbons (Fsp3) is 0.250. The Kier molecular flexibility index (Phi) is 7.31. The van der Waals surface area contributed by atoms with Gasteiger partial charge in [0.1, 0.15) is 18.1 Å². The third-order valence-corrected chi connectivity index (χ3v) is 6.78. The van der Waals surface area contributed by atoms with Crippen LogP contribution >= 0.6 is 0 Å². The van der Waals surface area contributed by atoms with Crippen molar-refractivity contribution in [1.29, 1.82) is 0 Å². The number of benzene rings is 3. The van der Waals surface area contributed by atoms with Crippen molar-refractivity contribution in [3.8, 4) is 5.75 Å². The van der Waals surface area contributed by atoms with Gasteiger partial charge in [0.15, 0.2) is 5.76 Å². The Bertz CT molecular complexity index is 1440. The van der Waals surface area contributed by atoms with Crippen molar-refractivity contribution >= 4 is 17.5 Å². The highest BCUT2D eigenvalue weighted by Gasteiger charge is 2.33. The van der Waals surface area contributed by atoms with Gasteiger partial charge in [-0.05, 0) is 72.0 Å². The lowest BCUT2D eigenvalue weighted by molar-refractivity contribution is -0.136. The molecule has 6 nitrogen and oxygen atoms in total. The van der Waals surface area contributed by atoms with Gasteiger partial charge >= 0.3 is 0 Å². The van der Waals surface area contributed by atoms with Crippen LogP contribution in [0, 0.1) is 12.8 Å². The number of nitrogens with zero attached hydrogens (tertiary/aromatic N) is 1. The maximum Gasteiger partial charge on any atom is 0.291 e. The molecule has 2 heterocycles. The molecule has 194 valence electrons. The number of carbonyl (C=O) groups is 2. The van der Waals surface area contributed by atoms with Crippen molar-refractivity contribution in [2.24, 2.45) is 5.92 Å². The van der Waals surface area contributed by atoms with Crippen LogP contribution in [0.4, 0.5) is 5.69 Å². The first kappa shape index (κ1) is 25.3. The molecule has 1 aliphatic rings. The molecule has 0 radical (unpaired) electrons. The first-order valence-electron chi connectivity index (χ1n) is 13.0. The number of aryl methyl sites for hydroxylation is 1. The molecule has 1 aliphatic heterocycles. The number of anilines is 1. The van der Waals surface area contributed by atoms with E-state index in [0.717, 1.165) is 28.8 Å². The van der Waals surface area contributed by atoms with Gasteiger partial charge in [0.2, 0.25) is 5.91 Å². The Morgan fingerprint density at radius 1 is 1.00 bits per heavy atom. The van der Waals surface area contributed by atoms with E-state index in [-0.39, 0.29) is 36.1 Å². The summed E-state index contributed by atoms with van der Waals surface area (Å²) in [6.07, 6.45) is 0.801. The average Bonchev–Trinajstić information content (AvgIpc) is 3.40. The minimum atomic E-state index is -0.309. The van der Waals surface area contributed by atoms with Crippen molar-refractivity contribution in [1.82, 2.24) is 4.90 Å². The maximum atomic E-state index is 13.1. The van der Waals surface area contributed by atoms with Gasteiger partial charge in [-0.25, -0.2) is 0 Å². The summed E-state index contributed by atoms with van der Waals surface area (Å²) in [7, 11) is 0. The van der Waals surface area contributed by atoms with Crippen molar-refractivity contribution in [3.63, 3.8) is 0 Å². The Balaban J connectivity index is 1.32. The zero-order valence-corrected chi connectivity index (χ0v) is 21.9. The number of rotatable bonds is 7. The summed E-state index contributed by atoms with van der Waals surface area (Å²) in [6.45, 7) is 6.72. The topological polar surface area (TPSA) is 71.8 Å². The molecule has 38 heavy (non-hydrogen) atoms. The monoisotopic (exact) mass is 508 g/mol. The number of carbonyl (C=O) groups excluding carboxylic acids is 2. The van der Waals surface area contributed by atoms with E-state index in [1.165, 1.54) is 5.56 Å². The zero-order chi connectivity index (χ0) is 26.6. The van der Waals surface area contributed by atoms with E-state index in [9.17, 15) is 9.59 Å². The zero-order valence-electron chi connectivity index (χ0n) is 21.9. The lowest BCUT2D eigenvalue weighted by Gasteiger charge is -2.39. The molecule has 0 bridgehead atoms. The average molecular weight is 509 g/mol. The van der Waals surface area contributed by atoms with Gasteiger partial charge in [-0.2, -0.15) is 0 Å². The normalized spacial score (nSPS) is 14.7. The molecular formula is C32H32N2O4. The summed E-state index contributed by atoms with van der Waals surface area (Å²) in [6, 6.07) is 27.0. The third kappa shape index (κ3) is 5.49. The predicted molar refractivity (Wildman–Crippen MR) is 147 cm³/mol. The van der Waals surface area contributed by atoms with E-state index in [2.05, 4.69) is 23.5 Å². The number of ether oxygens (including phenoxy) is 1. The van der Waals surface area contributed by atoms with Crippen LogP contribution < -0.4 is 10.1 Å². The van der Waals surface area contributed by atoms with Crippen LogP contribution in [0.5, 0.6) is 5.75 Å². The fourth-order valence-electron chi connectivity index (χ4n) is 4.89. The SMILES string of the molecule is Cc1cccc(NC(=O)c2ccc(COc3ccc4c(c3)[C@@H](c3ccccc3)N(C(=O)C(C)C)CC4)o2)c1. The summed E-state index contributed by atoms with van der Waals surface area (Å²) in [5, 5.41) is 2.86. The number of nitrogens with one attached hydrogen (secondary N) is 1. The molecule has 6 heteroatoms. The molecule has 4 aromatic rings. The second kappa shape index (κ2) is 11.0. The second-order valence-electron chi connectivity index (χ2n) is 9.99. The molecule has 1 aromatic heterocycles. The molecule has 3 aromatic carbocycles. The van der Waals surface area contributed by atoms with E-state index < -0.39 is 0 Å². The van der Waals surface area contributed by atoms with Crippen LogP contribution in [-0.4, -0.2) is 23.3 Å². The molecule has 0 saturated heterocycles. The van der Waals surface area contributed by atoms with E-state index in [0.29, 0.717) is 18.1 Å². The van der Waals surface area contributed by atoms with Gasteiger partial charge in [0.25, 0.3) is 5.91 Å². The maximum absolute atomic E-state index is 13.1. The summed E-state index contributed by atoms with van der Waals surface area (Å²) >= 11 is 0. The standard InChI is InChI=1S/C32H32N2O4/c1-21(2)32(36)34-17-16-23-12-13-26(19-28(23)30(34)24-9-5-4-6-10-24)37-20-27-14-15-29(38-27)31(35)33-25-11-7-8-22(3)18-25/h4-15,18-19,21,30H,16-17,20H2,1-3H3,(H,33,35)/t30-/m1/s1. The first-order valence-corrected chi connectivity index (χ1v) is 13.0. The van der Waals surface area contributed by atoms with E-state index in [4.69, 9.17) is 9.15 Å². The number of furan rings is 1. The van der Waals surface area contributed by atoms with Gasteiger partial charge in [0.05, 0.1) is 6.04 Å². The molecule has 1 N–H and O–H groups in total. The van der Waals surface area contributed by atoms with Crippen LogP contribution in [0.1, 0.15) is 58.5 Å². The third-order valence-electron chi connectivity index (χ3n) is 6.78. The highest BCUT2D eigenvalue weighted by molar-refractivity contribution is 6.02. The van der Waals surface area contributed by atoms with Crippen molar-refractivity contribution in [2.45, 2.75) is 39.8 Å². The Morgan fingerprint density at radius 2 is 1.82 bits per heavy atom. The molecule has 5 rings (SSSR count). The number of fused-ring (bicyclic) bond motifs is 1. The van der Waals surface area contributed by atoms with Gasteiger partial charge in [0, 0.05) is 18.2 Å². The van der Waals surface area contributed by atoms with Gasteiger partial charge in [-0.15, -0.1) is 0 Å².